The Hall–Kier alpha value is -3.42. The Bertz CT molecular complexity index is 721. The zero-order valence-corrected chi connectivity index (χ0v) is 17.5. The summed E-state index contributed by atoms with van der Waals surface area (Å²) >= 11 is 0. The van der Waals surface area contributed by atoms with Gasteiger partial charge in [-0.3, -0.25) is 30.0 Å². The molecule has 14 nitrogen and oxygen atoms in total. The molecule has 174 valence electrons. The summed E-state index contributed by atoms with van der Waals surface area (Å²) < 4.78 is 0. The fourth-order valence-corrected chi connectivity index (χ4v) is 2.83. The minimum Gasteiger partial charge on any atom is -0.396 e. The molecule has 0 aromatic rings. The lowest BCUT2D eigenvalue weighted by atomic mass is 10.1. The highest BCUT2D eigenvalue weighted by Gasteiger charge is 2.31. The number of nitrogens with zero attached hydrogens (tertiary/aromatic N) is 3. The maximum atomic E-state index is 12.7. The Morgan fingerprint density at radius 3 is 2.61 bits per heavy atom. The first kappa shape index (κ1) is 25.6. The lowest BCUT2D eigenvalue weighted by molar-refractivity contribution is -0.139. The van der Waals surface area contributed by atoms with Gasteiger partial charge >= 0.3 is 6.03 Å². The zero-order chi connectivity index (χ0) is 23.4. The molecule has 0 spiro atoms. The van der Waals surface area contributed by atoms with Crippen molar-refractivity contribution >= 4 is 35.7 Å². The number of guanidine groups is 2. The number of carbonyl (C=O) groups excluding carboxylic acids is 4. The Kier molecular flexibility index (Phi) is 10.7. The lowest BCUT2D eigenvalue weighted by Gasteiger charge is -2.30. The van der Waals surface area contributed by atoms with Crippen LogP contribution in [0, 0.1) is 0 Å². The van der Waals surface area contributed by atoms with E-state index in [0.29, 0.717) is 25.8 Å². The van der Waals surface area contributed by atoms with E-state index in [4.69, 9.17) is 22.3 Å². The number of aliphatic imine (C=N–C) groups is 2. The number of primary amides is 1. The molecule has 0 saturated heterocycles. The normalized spacial score (nSPS) is 16.4. The van der Waals surface area contributed by atoms with Crippen LogP contribution in [0.5, 0.6) is 0 Å². The summed E-state index contributed by atoms with van der Waals surface area (Å²) in [5.41, 5.74) is 15.6. The van der Waals surface area contributed by atoms with Gasteiger partial charge in [0.15, 0.2) is 5.96 Å². The van der Waals surface area contributed by atoms with Crippen LogP contribution in [0.1, 0.15) is 32.1 Å². The van der Waals surface area contributed by atoms with Gasteiger partial charge in [-0.25, -0.2) is 9.79 Å². The molecule has 0 bridgehead atoms. The van der Waals surface area contributed by atoms with Crippen molar-refractivity contribution < 1.29 is 24.3 Å². The number of rotatable bonds is 11. The maximum Gasteiger partial charge on any atom is 0.318 e. The van der Waals surface area contributed by atoms with Crippen molar-refractivity contribution in [2.75, 3.05) is 26.7 Å². The number of urea groups is 1. The standard InChI is InChI=1S/C17H31N9O5/c1-26(11-9-22-17(24-14(11)30)25-16(20)31)13(29)8-10(4-2-6-21-15(18)19)23-12(28)5-3-7-27/h10-11,27H,2-9H2,1H3,(H,23,28)(H4,18,19,21)(H4,20,22,24,25,30,31)/t10-,11?/m0/s1. The van der Waals surface area contributed by atoms with Gasteiger partial charge in [0.1, 0.15) is 6.04 Å². The molecule has 0 radical (unpaired) electrons. The molecule has 10 N–H and O–H groups in total. The van der Waals surface area contributed by atoms with Crippen LogP contribution in [-0.2, 0) is 14.4 Å². The van der Waals surface area contributed by atoms with E-state index >= 15 is 0 Å². The molecule has 31 heavy (non-hydrogen) atoms. The second-order valence-electron chi connectivity index (χ2n) is 6.93. The Labute approximate surface area is 179 Å². The summed E-state index contributed by atoms with van der Waals surface area (Å²) in [6, 6.07) is -2.25. The number of amides is 5. The molecule has 1 aliphatic rings. The lowest BCUT2D eigenvalue weighted by Crippen LogP contribution is -2.58. The SMILES string of the molecule is CN(C(=O)C[C@H](CCCN=C(N)N)NC(=O)CCCO)C1CN=C(NC(N)=O)NC1=O. The van der Waals surface area contributed by atoms with Gasteiger partial charge in [0.25, 0.3) is 5.91 Å². The first-order valence-electron chi connectivity index (χ1n) is 9.77. The van der Waals surface area contributed by atoms with Crippen molar-refractivity contribution in [2.24, 2.45) is 27.2 Å². The topological polar surface area (TPSA) is 231 Å². The monoisotopic (exact) mass is 441 g/mol. The number of aliphatic hydroxyl groups excluding tert-OH is 1. The number of carbonyl (C=O) groups is 4. The van der Waals surface area contributed by atoms with Gasteiger partial charge in [0.05, 0.1) is 6.54 Å². The summed E-state index contributed by atoms with van der Waals surface area (Å²) in [6.07, 6.45) is 1.34. The van der Waals surface area contributed by atoms with Crippen molar-refractivity contribution in [1.29, 1.82) is 0 Å². The number of hydrogen-bond acceptors (Lipinski definition) is 7. The number of nitrogens with two attached hydrogens (primary N) is 3. The van der Waals surface area contributed by atoms with Crippen LogP contribution in [0.3, 0.4) is 0 Å². The molecule has 14 heteroatoms. The second kappa shape index (κ2) is 13.0. The second-order valence-corrected chi connectivity index (χ2v) is 6.93. The highest BCUT2D eigenvalue weighted by atomic mass is 16.3. The first-order chi connectivity index (χ1) is 14.6. The van der Waals surface area contributed by atoms with Crippen molar-refractivity contribution in [1.82, 2.24) is 20.9 Å². The van der Waals surface area contributed by atoms with Gasteiger partial charge in [-0.05, 0) is 19.3 Å². The highest BCUT2D eigenvalue weighted by Crippen LogP contribution is 2.10. The molecule has 1 aliphatic heterocycles. The number of hydrogen-bond donors (Lipinski definition) is 7. The summed E-state index contributed by atoms with van der Waals surface area (Å²) in [5.74, 6) is -1.32. The van der Waals surface area contributed by atoms with Crippen LogP contribution < -0.4 is 33.2 Å². The Morgan fingerprint density at radius 1 is 1.32 bits per heavy atom. The van der Waals surface area contributed by atoms with Crippen LogP contribution in [0.4, 0.5) is 4.79 Å². The van der Waals surface area contributed by atoms with E-state index in [1.54, 1.807) is 0 Å². The van der Waals surface area contributed by atoms with E-state index in [-0.39, 0.29) is 49.7 Å². The largest absolute Gasteiger partial charge is 0.396 e. The highest BCUT2D eigenvalue weighted by molar-refractivity contribution is 6.07. The molecule has 0 saturated carbocycles. The van der Waals surface area contributed by atoms with Gasteiger partial charge < -0.3 is 32.5 Å². The van der Waals surface area contributed by atoms with Crippen LogP contribution in [0.2, 0.25) is 0 Å². The fraction of sp³-hybridized carbons (Fsp3) is 0.647. The predicted molar refractivity (Wildman–Crippen MR) is 113 cm³/mol. The molecule has 1 rings (SSSR count). The van der Waals surface area contributed by atoms with E-state index in [1.807, 2.05) is 0 Å². The quantitative estimate of drug-likeness (QED) is 0.0977. The Balaban J connectivity index is 2.72. The smallest absolute Gasteiger partial charge is 0.318 e. The van der Waals surface area contributed by atoms with Crippen molar-refractivity contribution in [3.63, 3.8) is 0 Å². The van der Waals surface area contributed by atoms with Gasteiger partial charge in [-0.2, -0.15) is 0 Å². The minimum atomic E-state index is -0.877. The van der Waals surface area contributed by atoms with Gasteiger partial charge in [0, 0.05) is 39.1 Å². The number of nitrogens with one attached hydrogen (secondary N) is 3. The molecular formula is C17H31N9O5. The molecule has 1 unspecified atom stereocenters. The third-order valence-corrected chi connectivity index (χ3v) is 4.42. The van der Waals surface area contributed by atoms with E-state index < -0.39 is 24.0 Å². The van der Waals surface area contributed by atoms with E-state index in [9.17, 15) is 19.2 Å². The molecule has 0 aromatic heterocycles. The Morgan fingerprint density at radius 2 is 2.03 bits per heavy atom. The maximum absolute atomic E-state index is 12.7. The summed E-state index contributed by atoms with van der Waals surface area (Å²) in [5, 5.41) is 16.2. The van der Waals surface area contributed by atoms with Crippen molar-refractivity contribution in [3.8, 4) is 0 Å². The average molecular weight is 441 g/mol. The molecule has 5 amide bonds. The average Bonchev–Trinajstić information content (AvgIpc) is 2.68. The van der Waals surface area contributed by atoms with Crippen LogP contribution in [0.25, 0.3) is 0 Å². The summed E-state index contributed by atoms with van der Waals surface area (Å²) in [4.78, 5) is 57.0. The molecule has 0 aliphatic carbocycles. The predicted octanol–water partition coefficient (Wildman–Crippen LogP) is -3.33. The first-order valence-corrected chi connectivity index (χ1v) is 9.77. The zero-order valence-electron chi connectivity index (χ0n) is 17.5. The summed E-state index contributed by atoms with van der Waals surface area (Å²) in [7, 11) is 1.46. The van der Waals surface area contributed by atoms with Crippen LogP contribution in [0.15, 0.2) is 9.98 Å². The van der Waals surface area contributed by atoms with E-state index in [1.165, 1.54) is 11.9 Å². The van der Waals surface area contributed by atoms with Crippen LogP contribution in [-0.4, -0.2) is 84.5 Å². The van der Waals surface area contributed by atoms with E-state index in [2.05, 4.69) is 25.9 Å². The minimum absolute atomic E-state index is 0.0478. The molecule has 0 aromatic carbocycles. The molecule has 2 atom stereocenters. The van der Waals surface area contributed by atoms with Crippen molar-refractivity contribution in [2.45, 2.75) is 44.2 Å². The number of likely N-dealkylation sites (N-methyl/N-ethyl adjacent to an activating group) is 1. The fourth-order valence-electron chi connectivity index (χ4n) is 2.83. The van der Waals surface area contributed by atoms with Crippen LogP contribution >= 0.6 is 0 Å². The number of aliphatic hydroxyl groups is 1. The molecular weight excluding hydrogens is 410 g/mol. The van der Waals surface area contributed by atoms with Gasteiger partial charge in [-0.15, -0.1) is 0 Å². The van der Waals surface area contributed by atoms with Crippen molar-refractivity contribution in [3.05, 3.63) is 0 Å². The third kappa shape index (κ3) is 9.75. The molecule has 1 heterocycles. The van der Waals surface area contributed by atoms with E-state index in [0.717, 1.165) is 0 Å². The van der Waals surface area contributed by atoms with Gasteiger partial charge in [-0.1, -0.05) is 0 Å². The molecule has 0 fully saturated rings. The summed E-state index contributed by atoms with van der Waals surface area (Å²) in [6.45, 7) is 0.167. The third-order valence-electron chi connectivity index (χ3n) is 4.42. The van der Waals surface area contributed by atoms with Gasteiger partial charge in [0.2, 0.25) is 17.8 Å².